The highest BCUT2D eigenvalue weighted by Crippen LogP contribution is 2.31. The highest BCUT2D eigenvalue weighted by atomic mass is 16.5. The zero-order chi connectivity index (χ0) is 27.9. The molecule has 41 heavy (non-hydrogen) atoms. The Morgan fingerprint density at radius 2 is 1.85 bits per heavy atom. The lowest BCUT2D eigenvalue weighted by molar-refractivity contribution is -0.136. The summed E-state index contributed by atoms with van der Waals surface area (Å²) < 4.78 is 11.8. The van der Waals surface area contributed by atoms with E-state index in [1.54, 1.807) is 11.0 Å². The molecule has 3 saturated heterocycles. The van der Waals surface area contributed by atoms with Crippen LogP contribution in [0.15, 0.2) is 48.5 Å². The molecule has 1 N–H and O–H groups in total. The minimum Gasteiger partial charge on any atom is -0.489 e. The van der Waals surface area contributed by atoms with Crippen LogP contribution in [0.25, 0.3) is 10.9 Å². The normalized spacial score (nSPS) is 23.3. The summed E-state index contributed by atoms with van der Waals surface area (Å²) in [5.41, 5.74) is 3.71. The van der Waals surface area contributed by atoms with Gasteiger partial charge < -0.3 is 19.3 Å². The van der Waals surface area contributed by atoms with Crippen molar-refractivity contribution >= 4 is 34.4 Å². The van der Waals surface area contributed by atoms with Gasteiger partial charge in [0.25, 0.3) is 5.91 Å². The Morgan fingerprint density at radius 3 is 2.71 bits per heavy atom. The molecule has 3 amide bonds. The Kier molecular flexibility index (Phi) is 6.80. The molecule has 0 radical (unpaired) electrons. The second-order valence-corrected chi connectivity index (χ2v) is 11.3. The largest absolute Gasteiger partial charge is 0.489 e. The van der Waals surface area contributed by atoms with Crippen molar-refractivity contribution < 1.29 is 23.9 Å². The van der Waals surface area contributed by atoms with Gasteiger partial charge >= 0.3 is 0 Å². The second-order valence-electron chi connectivity index (χ2n) is 11.3. The molecule has 3 fully saturated rings. The number of fused-ring (bicyclic) bond motifs is 2. The maximum Gasteiger partial charge on any atom is 0.255 e. The molecule has 5 heterocycles. The van der Waals surface area contributed by atoms with E-state index in [0.717, 1.165) is 80.4 Å². The van der Waals surface area contributed by atoms with Gasteiger partial charge in [-0.15, -0.1) is 0 Å². The van der Waals surface area contributed by atoms with Crippen LogP contribution in [-0.4, -0.2) is 84.0 Å². The van der Waals surface area contributed by atoms with Crippen LogP contribution < -0.4 is 15.0 Å². The van der Waals surface area contributed by atoms with E-state index >= 15 is 0 Å². The number of nitrogens with one attached hydrogen (secondary N) is 1. The number of imide groups is 1. The molecule has 3 aromatic rings. The quantitative estimate of drug-likeness (QED) is 0.463. The van der Waals surface area contributed by atoms with Crippen molar-refractivity contribution in [1.82, 2.24) is 20.1 Å². The number of carbonyl (C=O) groups is 3. The molecule has 0 bridgehead atoms. The molecule has 10 heteroatoms. The lowest BCUT2D eigenvalue weighted by Crippen LogP contribution is -2.52. The molecule has 4 aliphatic rings. The van der Waals surface area contributed by atoms with Gasteiger partial charge in [0, 0.05) is 56.6 Å². The van der Waals surface area contributed by atoms with E-state index in [2.05, 4.69) is 45.4 Å². The third kappa shape index (κ3) is 5.25. The van der Waals surface area contributed by atoms with Gasteiger partial charge in [-0.3, -0.25) is 24.6 Å². The molecule has 0 spiro atoms. The maximum atomic E-state index is 13.0. The van der Waals surface area contributed by atoms with Gasteiger partial charge in [0.05, 0.1) is 18.7 Å². The number of pyridine rings is 1. The summed E-state index contributed by atoms with van der Waals surface area (Å²) in [7, 11) is 0. The fourth-order valence-corrected chi connectivity index (χ4v) is 6.34. The number of amides is 3. The van der Waals surface area contributed by atoms with Crippen molar-refractivity contribution in [2.75, 3.05) is 44.3 Å². The smallest absolute Gasteiger partial charge is 0.255 e. The first-order valence-electron chi connectivity index (χ1n) is 14.4. The Hall–Kier alpha value is -4.02. The molecule has 212 valence electrons. The van der Waals surface area contributed by atoms with Gasteiger partial charge in [0.2, 0.25) is 11.8 Å². The van der Waals surface area contributed by atoms with Gasteiger partial charge in [-0.2, -0.15) is 0 Å². The number of benzene rings is 2. The summed E-state index contributed by atoms with van der Waals surface area (Å²) in [6.45, 7) is 6.20. The average Bonchev–Trinajstić information content (AvgIpc) is 3.56. The Labute approximate surface area is 238 Å². The molecule has 2 aromatic carbocycles. The van der Waals surface area contributed by atoms with E-state index < -0.39 is 11.9 Å². The summed E-state index contributed by atoms with van der Waals surface area (Å²) in [6, 6.07) is 15.7. The first-order chi connectivity index (χ1) is 20.0. The van der Waals surface area contributed by atoms with E-state index in [1.807, 2.05) is 12.1 Å². The van der Waals surface area contributed by atoms with Crippen LogP contribution in [-0.2, 0) is 27.4 Å². The summed E-state index contributed by atoms with van der Waals surface area (Å²) in [4.78, 5) is 47.9. The van der Waals surface area contributed by atoms with Crippen LogP contribution in [0.1, 0.15) is 40.7 Å². The molecular weight excluding hydrogens is 522 g/mol. The number of nitrogens with zero attached hydrogens (tertiary/aromatic N) is 4. The number of hydrogen-bond acceptors (Lipinski definition) is 8. The van der Waals surface area contributed by atoms with E-state index in [4.69, 9.17) is 14.5 Å². The molecule has 7 rings (SSSR count). The van der Waals surface area contributed by atoms with Gasteiger partial charge in [-0.05, 0) is 66.4 Å². The number of aromatic nitrogens is 1. The molecule has 0 saturated carbocycles. The molecule has 0 aliphatic carbocycles. The van der Waals surface area contributed by atoms with Crippen LogP contribution in [0, 0.1) is 0 Å². The fraction of sp³-hybridized carbons (Fsp3) is 0.419. The van der Waals surface area contributed by atoms with Crippen LogP contribution in [0.2, 0.25) is 0 Å². The predicted molar refractivity (Wildman–Crippen MR) is 152 cm³/mol. The number of hydrogen-bond donors (Lipinski definition) is 1. The van der Waals surface area contributed by atoms with E-state index in [1.165, 1.54) is 5.56 Å². The number of ether oxygens (including phenoxy) is 2. The molecule has 4 aliphatic heterocycles. The minimum atomic E-state index is -0.613. The van der Waals surface area contributed by atoms with Gasteiger partial charge in [-0.25, -0.2) is 4.98 Å². The monoisotopic (exact) mass is 555 g/mol. The van der Waals surface area contributed by atoms with Crippen molar-refractivity contribution in [3.63, 3.8) is 0 Å². The van der Waals surface area contributed by atoms with Crippen molar-refractivity contribution in [3.8, 4) is 5.75 Å². The number of likely N-dealkylation sites (tertiary alicyclic amines) is 1. The molecule has 10 nitrogen and oxygen atoms in total. The molecule has 0 unspecified atom stereocenters. The summed E-state index contributed by atoms with van der Waals surface area (Å²) >= 11 is 0. The highest BCUT2D eigenvalue weighted by molar-refractivity contribution is 6.05. The number of rotatable bonds is 6. The van der Waals surface area contributed by atoms with E-state index in [9.17, 15) is 14.4 Å². The summed E-state index contributed by atoms with van der Waals surface area (Å²) in [5.74, 6) is 0.891. The third-order valence-electron chi connectivity index (χ3n) is 8.51. The first kappa shape index (κ1) is 25.9. The van der Waals surface area contributed by atoms with Crippen LogP contribution in [0.3, 0.4) is 0 Å². The standard InChI is InChI=1S/C31H33N5O5/c37-29-8-6-27(30(38)33-29)36-18-22-16-23(3-4-25(22)31(36)39)41-24-9-10-34(19-24)17-20-1-5-26-21(15-20)2-7-28(32-26)35-11-13-40-14-12-35/h1-5,7,15-16,24,27H,6,8-14,17-19H2,(H,33,37,38)/t24-,27-/m0/s1. The maximum absolute atomic E-state index is 13.0. The molecular formula is C31H33N5O5. The number of morpholine rings is 1. The SMILES string of the molecule is O=C1CC[C@H](N2Cc3cc(O[C@H]4CCN(Cc5ccc6nc(N7CCOCC7)ccc6c5)C4)ccc3C2=O)C(=O)N1. The van der Waals surface area contributed by atoms with Crippen LogP contribution in [0.4, 0.5) is 5.82 Å². The average molecular weight is 556 g/mol. The molecule has 2 atom stereocenters. The Balaban J connectivity index is 0.960. The van der Waals surface area contributed by atoms with Gasteiger partial charge in [0.15, 0.2) is 0 Å². The van der Waals surface area contributed by atoms with Crippen LogP contribution >= 0.6 is 0 Å². The zero-order valence-corrected chi connectivity index (χ0v) is 22.9. The van der Waals surface area contributed by atoms with Crippen molar-refractivity contribution in [2.24, 2.45) is 0 Å². The van der Waals surface area contributed by atoms with E-state index in [0.29, 0.717) is 18.5 Å². The predicted octanol–water partition coefficient (Wildman–Crippen LogP) is 2.49. The highest BCUT2D eigenvalue weighted by Gasteiger charge is 2.39. The lowest BCUT2D eigenvalue weighted by atomic mass is 10.0. The zero-order valence-electron chi connectivity index (χ0n) is 22.9. The number of anilines is 1. The minimum absolute atomic E-state index is 0.0644. The summed E-state index contributed by atoms with van der Waals surface area (Å²) in [6.07, 6.45) is 1.59. The Morgan fingerprint density at radius 1 is 0.976 bits per heavy atom. The number of carbonyl (C=O) groups excluding carboxylic acids is 3. The van der Waals surface area contributed by atoms with Gasteiger partial charge in [0.1, 0.15) is 23.7 Å². The van der Waals surface area contributed by atoms with Crippen molar-refractivity contribution in [1.29, 1.82) is 0 Å². The third-order valence-corrected chi connectivity index (χ3v) is 8.51. The lowest BCUT2D eigenvalue weighted by Gasteiger charge is -2.29. The summed E-state index contributed by atoms with van der Waals surface area (Å²) in [5, 5.41) is 3.49. The number of piperidine rings is 1. The Bertz CT molecular complexity index is 1520. The second kappa shape index (κ2) is 10.8. The van der Waals surface area contributed by atoms with Crippen molar-refractivity contribution in [2.45, 2.75) is 44.5 Å². The van der Waals surface area contributed by atoms with E-state index in [-0.39, 0.29) is 24.3 Å². The van der Waals surface area contributed by atoms with Crippen molar-refractivity contribution in [3.05, 3.63) is 65.2 Å². The first-order valence-corrected chi connectivity index (χ1v) is 14.4. The van der Waals surface area contributed by atoms with Gasteiger partial charge in [-0.1, -0.05) is 6.07 Å². The topological polar surface area (TPSA) is 104 Å². The van der Waals surface area contributed by atoms with Crippen LogP contribution in [0.5, 0.6) is 5.75 Å². The molecule has 1 aromatic heterocycles. The fourth-order valence-electron chi connectivity index (χ4n) is 6.34.